The van der Waals surface area contributed by atoms with Crippen LogP contribution in [-0.2, 0) is 0 Å². The van der Waals surface area contributed by atoms with Crippen molar-refractivity contribution >= 4 is 18.3 Å². The van der Waals surface area contributed by atoms with Crippen LogP contribution in [0.3, 0.4) is 0 Å². The molecule has 0 unspecified atom stereocenters. The Labute approximate surface area is 150 Å². The van der Waals surface area contributed by atoms with Gasteiger partial charge in [0, 0.05) is 6.04 Å². The largest absolute Gasteiger partial charge is 0.348 e. The summed E-state index contributed by atoms with van der Waals surface area (Å²) in [4.78, 5) is 12.5. The van der Waals surface area contributed by atoms with Crippen molar-refractivity contribution in [3.8, 4) is 0 Å². The van der Waals surface area contributed by atoms with Crippen LogP contribution in [0.1, 0.15) is 74.1 Å². The van der Waals surface area contributed by atoms with Crippen molar-refractivity contribution in [2.24, 2.45) is 5.92 Å². The topological polar surface area (TPSA) is 71.8 Å². The fourth-order valence-electron chi connectivity index (χ4n) is 3.92. The van der Waals surface area contributed by atoms with E-state index in [0.29, 0.717) is 17.8 Å². The molecule has 0 aromatic carbocycles. The zero-order valence-corrected chi connectivity index (χ0v) is 15.6. The Kier molecular flexibility index (Phi) is 7.04. The molecule has 24 heavy (non-hydrogen) atoms. The summed E-state index contributed by atoms with van der Waals surface area (Å²) in [6, 6.07) is 0.666. The van der Waals surface area contributed by atoms with E-state index < -0.39 is 0 Å². The molecule has 7 heteroatoms. The lowest BCUT2D eigenvalue weighted by Crippen LogP contribution is -2.38. The number of amides is 1. The summed E-state index contributed by atoms with van der Waals surface area (Å²) in [7, 11) is 0. The second kappa shape index (κ2) is 8.81. The molecule has 1 aliphatic carbocycles. The Balaban J connectivity index is 0.00000208. The van der Waals surface area contributed by atoms with Crippen LogP contribution >= 0.6 is 12.4 Å². The first kappa shape index (κ1) is 19.2. The predicted molar refractivity (Wildman–Crippen MR) is 96.7 cm³/mol. The predicted octanol–water partition coefficient (Wildman–Crippen LogP) is 2.63. The number of hydrogen-bond acceptors (Lipinski definition) is 4. The molecule has 1 saturated heterocycles. The highest BCUT2D eigenvalue weighted by Crippen LogP contribution is 2.27. The number of halogens is 1. The number of rotatable bonds is 4. The van der Waals surface area contributed by atoms with E-state index in [4.69, 9.17) is 0 Å². The minimum Gasteiger partial charge on any atom is -0.348 e. The molecule has 6 nitrogen and oxygen atoms in total. The molecule has 1 aromatic heterocycles. The maximum absolute atomic E-state index is 12.5. The zero-order valence-electron chi connectivity index (χ0n) is 14.8. The van der Waals surface area contributed by atoms with Gasteiger partial charge in [-0.2, -0.15) is 0 Å². The van der Waals surface area contributed by atoms with Crippen LogP contribution < -0.4 is 10.6 Å². The van der Waals surface area contributed by atoms with Crippen molar-refractivity contribution in [1.82, 2.24) is 25.6 Å². The molecular formula is C17H30ClN5O. The molecule has 2 N–H and O–H groups in total. The van der Waals surface area contributed by atoms with Crippen molar-refractivity contribution in [2.75, 3.05) is 13.1 Å². The number of nitrogens with zero attached hydrogens (tertiary/aromatic N) is 3. The van der Waals surface area contributed by atoms with Crippen LogP contribution in [0, 0.1) is 12.8 Å². The standard InChI is InChI=1S/C17H29N5O.ClH/c1-3-13-4-6-14(7-5-13)19-17(23)16-12(2)22(21-20-16)15-8-10-18-11-9-15;/h13-15,18H,3-11H2,1-2H3,(H,19,23);1H. The molecule has 2 fully saturated rings. The fourth-order valence-corrected chi connectivity index (χ4v) is 3.92. The number of hydrogen-bond donors (Lipinski definition) is 2. The Morgan fingerprint density at radius 3 is 2.50 bits per heavy atom. The third-order valence-electron chi connectivity index (χ3n) is 5.56. The highest BCUT2D eigenvalue weighted by Gasteiger charge is 2.26. The molecular weight excluding hydrogens is 326 g/mol. The van der Waals surface area contributed by atoms with Gasteiger partial charge in [-0.25, -0.2) is 4.68 Å². The van der Waals surface area contributed by atoms with Gasteiger partial charge in [0.05, 0.1) is 11.7 Å². The van der Waals surface area contributed by atoms with E-state index in [9.17, 15) is 4.79 Å². The van der Waals surface area contributed by atoms with Gasteiger partial charge in [0.15, 0.2) is 5.69 Å². The van der Waals surface area contributed by atoms with Gasteiger partial charge in [0.1, 0.15) is 0 Å². The van der Waals surface area contributed by atoms with E-state index in [0.717, 1.165) is 50.4 Å². The van der Waals surface area contributed by atoms with Crippen LogP contribution in [0.25, 0.3) is 0 Å². The quantitative estimate of drug-likeness (QED) is 0.870. The fraction of sp³-hybridized carbons (Fsp3) is 0.824. The monoisotopic (exact) mass is 355 g/mol. The minimum absolute atomic E-state index is 0. The highest BCUT2D eigenvalue weighted by molar-refractivity contribution is 5.93. The lowest BCUT2D eigenvalue weighted by Gasteiger charge is -2.28. The van der Waals surface area contributed by atoms with Crippen molar-refractivity contribution in [2.45, 2.75) is 70.9 Å². The number of carbonyl (C=O) groups is 1. The summed E-state index contributed by atoms with van der Waals surface area (Å²) in [5, 5.41) is 14.9. The molecule has 136 valence electrons. The normalized spacial score (nSPS) is 25.1. The van der Waals surface area contributed by atoms with Gasteiger partial charge in [0.2, 0.25) is 0 Å². The highest BCUT2D eigenvalue weighted by atomic mass is 35.5. The third-order valence-corrected chi connectivity index (χ3v) is 5.56. The first-order chi connectivity index (χ1) is 11.2. The molecule has 0 atom stereocenters. The first-order valence-corrected chi connectivity index (χ1v) is 9.12. The van der Waals surface area contributed by atoms with Crippen molar-refractivity contribution in [3.05, 3.63) is 11.4 Å². The second-order valence-corrected chi connectivity index (χ2v) is 7.05. The summed E-state index contributed by atoms with van der Waals surface area (Å²) in [6.07, 6.45) is 7.98. The summed E-state index contributed by atoms with van der Waals surface area (Å²) in [6.45, 7) is 6.23. The molecule has 1 aromatic rings. The third kappa shape index (κ3) is 4.28. The van der Waals surface area contributed by atoms with E-state index in [1.54, 1.807) is 0 Å². The van der Waals surface area contributed by atoms with Crippen molar-refractivity contribution < 1.29 is 4.79 Å². The average Bonchev–Trinajstić information content (AvgIpc) is 2.98. The number of piperidine rings is 1. The van der Waals surface area contributed by atoms with Crippen LogP contribution in [0.15, 0.2) is 0 Å². The smallest absolute Gasteiger partial charge is 0.273 e. The molecule has 0 bridgehead atoms. The molecule has 0 spiro atoms. The Morgan fingerprint density at radius 1 is 1.21 bits per heavy atom. The Morgan fingerprint density at radius 2 is 1.88 bits per heavy atom. The number of carbonyl (C=O) groups excluding carboxylic acids is 1. The van der Waals surface area contributed by atoms with E-state index >= 15 is 0 Å². The van der Waals surface area contributed by atoms with Crippen molar-refractivity contribution in [1.29, 1.82) is 0 Å². The molecule has 2 heterocycles. The van der Waals surface area contributed by atoms with Gasteiger partial charge >= 0.3 is 0 Å². The van der Waals surface area contributed by atoms with Gasteiger partial charge in [-0.05, 0) is 64.5 Å². The first-order valence-electron chi connectivity index (χ1n) is 9.12. The average molecular weight is 356 g/mol. The van der Waals surface area contributed by atoms with Crippen LogP contribution in [0.5, 0.6) is 0 Å². The van der Waals surface area contributed by atoms with Gasteiger partial charge in [-0.15, -0.1) is 17.5 Å². The summed E-state index contributed by atoms with van der Waals surface area (Å²) in [5.41, 5.74) is 1.40. The second-order valence-electron chi connectivity index (χ2n) is 7.05. The van der Waals surface area contributed by atoms with Gasteiger partial charge in [-0.1, -0.05) is 18.6 Å². The minimum atomic E-state index is -0.0531. The van der Waals surface area contributed by atoms with Gasteiger partial charge in [0.25, 0.3) is 5.91 Å². The molecule has 1 amide bonds. The summed E-state index contributed by atoms with van der Waals surface area (Å²) < 4.78 is 1.95. The molecule has 0 radical (unpaired) electrons. The van der Waals surface area contributed by atoms with Crippen LogP contribution in [0.2, 0.25) is 0 Å². The number of nitrogens with one attached hydrogen (secondary N) is 2. The van der Waals surface area contributed by atoms with Crippen LogP contribution in [-0.4, -0.2) is 40.0 Å². The van der Waals surface area contributed by atoms with E-state index in [-0.39, 0.29) is 18.3 Å². The van der Waals surface area contributed by atoms with Crippen molar-refractivity contribution in [3.63, 3.8) is 0 Å². The van der Waals surface area contributed by atoms with Crippen LogP contribution in [0.4, 0.5) is 0 Å². The van der Waals surface area contributed by atoms with Gasteiger partial charge < -0.3 is 10.6 Å². The van der Waals surface area contributed by atoms with Gasteiger partial charge in [-0.3, -0.25) is 4.79 Å². The molecule has 3 rings (SSSR count). The lowest BCUT2D eigenvalue weighted by atomic mass is 9.84. The maximum Gasteiger partial charge on any atom is 0.273 e. The summed E-state index contributed by atoms with van der Waals surface area (Å²) >= 11 is 0. The zero-order chi connectivity index (χ0) is 16.2. The molecule has 1 saturated carbocycles. The molecule has 2 aliphatic rings. The Bertz CT molecular complexity index is 533. The van der Waals surface area contributed by atoms with E-state index in [2.05, 4.69) is 27.9 Å². The SMILES string of the molecule is CCC1CCC(NC(=O)c2nnn(C3CCNCC3)c2C)CC1.Cl. The maximum atomic E-state index is 12.5. The summed E-state index contributed by atoms with van der Waals surface area (Å²) in [5.74, 6) is 0.785. The van der Waals surface area contributed by atoms with E-state index in [1.807, 2.05) is 11.6 Å². The number of aromatic nitrogens is 3. The van der Waals surface area contributed by atoms with E-state index in [1.165, 1.54) is 19.3 Å². The Hall–Kier alpha value is -1.14. The lowest BCUT2D eigenvalue weighted by molar-refractivity contribution is 0.0915. The molecule has 1 aliphatic heterocycles.